The van der Waals surface area contributed by atoms with Gasteiger partial charge in [-0.1, -0.05) is 12.1 Å². The van der Waals surface area contributed by atoms with Gasteiger partial charge in [-0.3, -0.25) is 0 Å². The molecular formula is C14H20N2O2. The fraction of sp³-hybridized carbons (Fsp3) is 0.500. The lowest BCUT2D eigenvalue weighted by molar-refractivity contribution is 0.206. The second-order valence-electron chi connectivity index (χ2n) is 4.66. The van der Waals surface area contributed by atoms with E-state index in [1.165, 1.54) is 0 Å². The Morgan fingerprint density at radius 2 is 2.06 bits per heavy atom. The number of carbonyl (C=O) groups excluding carboxylic acids is 1. The van der Waals surface area contributed by atoms with Crippen molar-refractivity contribution < 1.29 is 9.53 Å². The minimum atomic E-state index is 0.00591. The zero-order chi connectivity index (χ0) is 13.0. The van der Waals surface area contributed by atoms with Gasteiger partial charge in [0.05, 0.1) is 6.61 Å². The lowest BCUT2D eigenvalue weighted by atomic mass is 10.2. The molecule has 0 radical (unpaired) electrons. The summed E-state index contributed by atoms with van der Waals surface area (Å²) in [7, 11) is 1.81. The summed E-state index contributed by atoms with van der Waals surface area (Å²) in [5.74, 6) is 0.867. The summed E-state index contributed by atoms with van der Waals surface area (Å²) in [6.45, 7) is 3.25. The first kappa shape index (κ1) is 12.7. The second-order valence-corrected chi connectivity index (χ2v) is 4.66. The summed E-state index contributed by atoms with van der Waals surface area (Å²) >= 11 is 0. The van der Waals surface area contributed by atoms with E-state index in [1.54, 1.807) is 4.90 Å². The number of nitrogens with zero attached hydrogens (tertiary/aromatic N) is 1. The fourth-order valence-corrected chi connectivity index (χ4v) is 1.72. The van der Waals surface area contributed by atoms with Crippen molar-refractivity contribution in [2.24, 2.45) is 0 Å². The molecule has 0 aromatic heterocycles. The monoisotopic (exact) mass is 248 g/mol. The first-order valence-corrected chi connectivity index (χ1v) is 6.42. The SMILES string of the molecule is CCOc1ccc(CN(C)C(=O)NC2CC2)cc1. The van der Waals surface area contributed by atoms with Crippen molar-refractivity contribution in [3.8, 4) is 5.75 Å². The van der Waals surface area contributed by atoms with Gasteiger partial charge in [-0.25, -0.2) is 4.79 Å². The van der Waals surface area contributed by atoms with Crippen LogP contribution in [-0.2, 0) is 6.54 Å². The van der Waals surface area contributed by atoms with Gasteiger partial charge in [0.2, 0.25) is 0 Å². The largest absolute Gasteiger partial charge is 0.494 e. The summed E-state index contributed by atoms with van der Waals surface area (Å²) in [4.78, 5) is 13.5. The van der Waals surface area contributed by atoms with Crippen LogP contribution in [0.2, 0.25) is 0 Å². The van der Waals surface area contributed by atoms with E-state index >= 15 is 0 Å². The number of carbonyl (C=O) groups is 1. The number of urea groups is 1. The topological polar surface area (TPSA) is 41.6 Å². The molecule has 98 valence electrons. The van der Waals surface area contributed by atoms with Gasteiger partial charge in [0.25, 0.3) is 0 Å². The maximum Gasteiger partial charge on any atom is 0.317 e. The Hall–Kier alpha value is -1.71. The Morgan fingerprint density at radius 1 is 1.39 bits per heavy atom. The van der Waals surface area contributed by atoms with Crippen molar-refractivity contribution in [3.63, 3.8) is 0 Å². The van der Waals surface area contributed by atoms with E-state index < -0.39 is 0 Å². The van der Waals surface area contributed by atoms with Crippen molar-refractivity contribution in [2.45, 2.75) is 32.4 Å². The average molecular weight is 248 g/mol. The highest BCUT2D eigenvalue weighted by atomic mass is 16.5. The fourth-order valence-electron chi connectivity index (χ4n) is 1.72. The number of rotatable bonds is 5. The van der Waals surface area contributed by atoms with E-state index in [0.29, 0.717) is 19.2 Å². The van der Waals surface area contributed by atoms with Crippen LogP contribution in [0.3, 0.4) is 0 Å². The van der Waals surface area contributed by atoms with Crippen LogP contribution in [0.5, 0.6) is 5.75 Å². The molecule has 1 aliphatic rings. The molecule has 0 spiro atoms. The molecule has 1 aliphatic carbocycles. The lowest BCUT2D eigenvalue weighted by Gasteiger charge is -2.18. The van der Waals surface area contributed by atoms with Crippen molar-refractivity contribution in [1.82, 2.24) is 10.2 Å². The van der Waals surface area contributed by atoms with Gasteiger partial charge in [-0.15, -0.1) is 0 Å². The molecule has 0 aliphatic heterocycles. The molecule has 0 heterocycles. The highest BCUT2D eigenvalue weighted by Crippen LogP contribution is 2.19. The van der Waals surface area contributed by atoms with E-state index in [1.807, 2.05) is 38.2 Å². The Kier molecular flexibility index (Phi) is 4.07. The van der Waals surface area contributed by atoms with Gasteiger partial charge in [0, 0.05) is 19.6 Å². The zero-order valence-electron chi connectivity index (χ0n) is 11.0. The van der Waals surface area contributed by atoms with Crippen LogP contribution in [0.25, 0.3) is 0 Å². The third-order valence-corrected chi connectivity index (χ3v) is 2.91. The van der Waals surface area contributed by atoms with Gasteiger partial charge in [-0.2, -0.15) is 0 Å². The summed E-state index contributed by atoms with van der Waals surface area (Å²) in [6.07, 6.45) is 2.23. The summed E-state index contributed by atoms with van der Waals surface area (Å²) < 4.78 is 5.38. The second kappa shape index (κ2) is 5.76. The molecule has 1 saturated carbocycles. The Morgan fingerprint density at radius 3 is 2.61 bits per heavy atom. The predicted octanol–water partition coefficient (Wildman–Crippen LogP) is 2.39. The third-order valence-electron chi connectivity index (χ3n) is 2.91. The third kappa shape index (κ3) is 3.65. The number of ether oxygens (including phenoxy) is 1. The van der Waals surface area contributed by atoms with Crippen LogP contribution >= 0.6 is 0 Å². The predicted molar refractivity (Wildman–Crippen MR) is 70.6 cm³/mol. The van der Waals surface area contributed by atoms with Crippen LogP contribution in [0, 0.1) is 0 Å². The van der Waals surface area contributed by atoms with E-state index in [9.17, 15) is 4.79 Å². The van der Waals surface area contributed by atoms with Crippen molar-refractivity contribution >= 4 is 6.03 Å². The smallest absolute Gasteiger partial charge is 0.317 e. The minimum Gasteiger partial charge on any atom is -0.494 e. The van der Waals surface area contributed by atoms with Gasteiger partial charge in [-0.05, 0) is 37.5 Å². The summed E-state index contributed by atoms with van der Waals surface area (Å²) in [5, 5.41) is 2.97. The first-order chi connectivity index (χ1) is 8.69. The maximum absolute atomic E-state index is 11.8. The van der Waals surface area contributed by atoms with Gasteiger partial charge in [0.15, 0.2) is 0 Å². The molecule has 4 heteroatoms. The van der Waals surface area contributed by atoms with Gasteiger partial charge >= 0.3 is 6.03 Å². The Labute approximate surface area is 108 Å². The van der Waals surface area contributed by atoms with E-state index in [2.05, 4.69) is 5.32 Å². The van der Waals surface area contributed by atoms with Gasteiger partial charge in [0.1, 0.15) is 5.75 Å². The minimum absolute atomic E-state index is 0.00591. The molecule has 2 rings (SSSR count). The highest BCUT2D eigenvalue weighted by molar-refractivity contribution is 5.74. The van der Waals surface area contributed by atoms with Crippen molar-refractivity contribution in [2.75, 3.05) is 13.7 Å². The first-order valence-electron chi connectivity index (χ1n) is 6.42. The van der Waals surface area contributed by atoms with Crippen LogP contribution < -0.4 is 10.1 Å². The molecule has 0 unspecified atom stereocenters. The standard InChI is InChI=1S/C14H20N2O2/c1-3-18-13-8-4-11(5-9-13)10-16(2)14(17)15-12-6-7-12/h4-5,8-9,12H,3,6-7,10H2,1-2H3,(H,15,17). The van der Waals surface area contributed by atoms with E-state index in [4.69, 9.17) is 4.74 Å². The Bertz CT molecular complexity index is 399. The van der Waals surface area contributed by atoms with Crippen molar-refractivity contribution in [1.29, 1.82) is 0 Å². The molecule has 0 saturated heterocycles. The molecular weight excluding hydrogens is 228 g/mol. The normalized spacial score (nSPS) is 14.1. The number of amides is 2. The average Bonchev–Trinajstić information content (AvgIpc) is 3.16. The van der Waals surface area contributed by atoms with Gasteiger partial charge < -0.3 is 15.0 Å². The molecule has 4 nitrogen and oxygen atoms in total. The van der Waals surface area contributed by atoms with Crippen LogP contribution in [0.4, 0.5) is 4.79 Å². The quantitative estimate of drug-likeness (QED) is 0.869. The number of hydrogen-bond donors (Lipinski definition) is 1. The molecule has 1 N–H and O–H groups in total. The van der Waals surface area contributed by atoms with Crippen molar-refractivity contribution in [3.05, 3.63) is 29.8 Å². The summed E-state index contributed by atoms with van der Waals surface area (Å²) in [6, 6.07) is 8.26. The highest BCUT2D eigenvalue weighted by Gasteiger charge is 2.24. The Balaban J connectivity index is 1.85. The molecule has 1 aromatic rings. The maximum atomic E-state index is 11.8. The summed E-state index contributed by atoms with van der Waals surface area (Å²) in [5.41, 5.74) is 1.10. The molecule has 0 atom stereocenters. The lowest BCUT2D eigenvalue weighted by Crippen LogP contribution is -2.37. The van der Waals surface area contributed by atoms with E-state index in [-0.39, 0.29) is 6.03 Å². The molecule has 0 bridgehead atoms. The van der Waals surface area contributed by atoms with Crippen LogP contribution in [0.15, 0.2) is 24.3 Å². The molecule has 18 heavy (non-hydrogen) atoms. The number of benzene rings is 1. The molecule has 1 fully saturated rings. The molecule has 2 amide bonds. The van der Waals surface area contributed by atoms with E-state index in [0.717, 1.165) is 24.2 Å². The zero-order valence-corrected chi connectivity index (χ0v) is 11.0. The molecule has 1 aromatic carbocycles. The number of nitrogens with one attached hydrogen (secondary N) is 1. The van der Waals surface area contributed by atoms with Crippen LogP contribution in [-0.4, -0.2) is 30.6 Å². The van der Waals surface area contributed by atoms with Crippen LogP contribution in [0.1, 0.15) is 25.3 Å². The number of hydrogen-bond acceptors (Lipinski definition) is 2.